The van der Waals surface area contributed by atoms with Crippen molar-refractivity contribution < 1.29 is 5.11 Å². The summed E-state index contributed by atoms with van der Waals surface area (Å²) in [5, 5.41) is 21.2. The maximum atomic E-state index is 9.86. The van der Waals surface area contributed by atoms with Crippen LogP contribution in [0, 0.1) is 0 Å². The van der Waals surface area contributed by atoms with Gasteiger partial charge in [0, 0.05) is 10.3 Å². The Morgan fingerprint density at radius 2 is 1.95 bits per heavy atom. The quantitative estimate of drug-likeness (QED) is 0.390. The van der Waals surface area contributed by atoms with E-state index in [1.807, 2.05) is 30.3 Å². The summed E-state index contributed by atoms with van der Waals surface area (Å²) in [6.45, 7) is 0. The van der Waals surface area contributed by atoms with Crippen LogP contribution in [0.25, 0.3) is 10.8 Å². The highest BCUT2D eigenvalue weighted by Gasteiger charge is 2.08. The zero-order chi connectivity index (χ0) is 13.9. The monoisotopic (exact) mass is 304 g/mol. The molecule has 0 aliphatic carbocycles. The molecule has 0 atom stereocenters. The van der Waals surface area contributed by atoms with Gasteiger partial charge in [-0.1, -0.05) is 35.6 Å². The Labute approximate surface area is 123 Å². The Hall–Kier alpha value is -1.83. The maximum absolute atomic E-state index is 9.86. The number of anilines is 1. The van der Waals surface area contributed by atoms with E-state index >= 15 is 0 Å². The molecule has 0 aliphatic rings. The summed E-state index contributed by atoms with van der Waals surface area (Å²) in [4.78, 5) is 1.11. The van der Waals surface area contributed by atoms with E-state index in [2.05, 4.69) is 15.6 Å². The van der Waals surface area contributed by atoms with Crippen LogP contribution in [-0.2, 0) is 5.75 Å². The molecule has 7 heteroatoms. The summed E-state index contributed by atoms with van der Waals surface area (Å²) in [6, 6.07) is 11.4. The Kier molecular flexibility index (Phi) is 3.72. The number of aromatic nitrogens is 2. The number of thioether (sulfide) groups is 1. The van der Waals surface area contributed by atoms with Crippen LogP contribution in [-0.4, -0.2) is 15.3 Å². The molecule has 3 aromatic rings. The van der Waals surface area contributed by atoms with Gasteiger partial charge < -0.3 is 5.11 Å². The molecule has 5 nitrogen and oxygen atoms in total. The van der Waals surface area contributed by atoms with E-state index in [1.54, 1.807) is 17.8 Å². The van der Waals surface area contributed by atoms with E-state index in [1.165, 1.54) is 11.3 Å². The Morgan fingerprint density at radius 1 is 1.15 bits per heavy atom. The third-order valence-corrected chi connectivity index (χ3v) is 4.92. The molecule has 3 rings (SSSR count). The molecule has 0 saturated heterocycles. The number of nitrogens with zero attached hydrogens (tertiary/aromatic N) is 2. The van der Waals surface area contributed by atoms with Crippen molar-refractivity contribution in [1.29, 1.82) is 0 Å². The lowest BCUT2D eigenvalue weighted by Crippen LogP contribution is -2.05. The van der Waals surface area contributed by atoms with Crippen LogP contribution in [0.1, 0.15) is 5.01 Å². The molecule has 4 N–H and O–H groups in total. The normalized spacial score (nSPS) is 10.8. The second kappa shape index (κ2) is 5.66. The average Bonchev–Trinajstić information content (AvgIpc) is 2.95. The minimum absolute atomic E-state index is 0.301. The van der Waals surface area contributed by atoms with Gasteiger partial charge in [0.15, 0.2) is 0 Å². The van der Waals surface area contributed by atoms with Crippen molar-refractivity contribution in [2.75, 3.05) is 5.43 Å². The summed E-state index contributed by atoms with van der Waals surface area (Å²) < 4.78 is 0. The minimum Gasteiger partial charge on any atom is -0.507 e. The molecule has 2 aromatic carbocycles. The number of hydrogen-bond acceptors (Lipinski definition) is 7. The first-order chi connectivity index (χ1) is 9.78. The van der Waals surface area contributed by atoms with E-state index in [0.717, 1.165) is 20.7 Å². The first-order valence-electron chi connectivity index (χ1n) is 5.90. The molecule has 0 fully saturated rings. The summed E-state index contributed by atoms with van der Waals surface area (Å²) in [5.41, 5.74) is 2.49. The van der Waals surface area contributed by atoms with Gasteiger partial charge in [-0.3, -0.25) is 5.43 Å². The van der Waals surface area contributed by atoms with E-state index in [9.17, 15) is 5.11 Å². The molecule has 0 unspecified atom stereocenters. The van der Waals surface area contributed by atoms with Crippen LogP contribution < -0.4 is 11.3 Å². The SMILES string of the molecule is NNc1nnc(CSc2ccc(O)c3ccccc23)s1. The zero-order valence-corrected chi connectivity index (χ0v) is 12.0. The van der Waals surface area contributed by atoms with Gasteiger partial charge in [0.25, 0.3) is 0 Å². The third-order valence-electron chi connectivity index (χ3n) is 2.80. The molecule has 0 radical (unpaired) electrons. The number of phenolic OH excluding ortho intramolecular Hbond substituents is 1. The number of aromatic hydroxyl groups is 1. The molecule has 20 heavy (non-hydrogen) atoms. The minimum atomic E-state index is 0.301. The number of hydrogen-bond donors (Lipinski definition) is 3. The van der Waals surface area contributed by atoms with Crippen LogP contribution in [0.5, 0.6) is 5.75 Å². The van der Waals surface area contributed by atoms with Gasteiger partial charge in [-0.15, -0.1) is 22.0 Å². The number of fused-ring (bicyclic) bond motifs is 1. The van der Waals surface area contributed by atoms with E-state index in [0.29, 0.717) is 16.6 Å². The number of phenols is 1. The largest absolute Gasteiger partial charge is 0.507 e. The van der Waals surface area contributed by atoms with Crippen molar-refractivity contribution in [3.8, 4) is 5.75 Å². The number of hydrazine groups is 1. The second-order valence-corrected chi connectivity index (χ2v) is 6.14. The topological polar surface area (TPSA) is 84.1 Å². The predicted molar refractivity (Wildman–Crippen MR) is 82.9 cm³/mol. The fraction of sp³-hybridized carbons (Fsp3) is 0.0769. The van der Waals surface area contributed by atoms with Gasteiger partial charge in [-0.25, -0.2) is 5.84 Å². The zero-order valence-electron chi connectivity index (χ0n) is 10.4. The smallest absolute Gasteiger partial charge is 0.219 e. The highest BCUT2D eigenvalue weighted by Crippen LogP contribution is 2.35. The summed E-state index contributed by atoms with van der Waals surface area (Å²) in [5.74, 6) is 6.30. The van der Waals surface area contributed by atoms with E-state index in [-0.39, 0.29) is 0 Å². The molecule has 0 aliphatic heterocycles. The van der Waals surface area contributed by atoms with Crippen LogP contribution in [0.3, 0.4) is 0 Å². The maximum Gasteiger partial charge on any atom is 0.219 e. The van der Waals surface area contributed by atoms with Crippen molar-refractivity contribution in [3.63, 3.8) is 0 Å². The molecule has 0 amide bonds. The van der Waals surface area contributed by atoms with E-state index in [4.69, 9.17) is 5.84 Å². The summed E-state index contributed by atoms with van der Waals surface area (Å²) >= 11 is 3.10. The molecule has 1 heterocycles. The van der Waals surface area contributed by atoms with Crippen LogP contribution in [0.2, 0.25) is 0 Å². The molecule has 0 saturated carbocycles. The first kappa shape index (κ1) is 13.2. The highest BCUT2D eigenvalue weighted by molar-refractivity contribution is 7.98. The standard InChI is InChI=1S/C13H12N4OS2/c14-15-13-17-16-12(20-13)7-19-11-6-5-10(18)8-3-1-2-4-9(8)11/h1-6,18H,7,14H2,(H,15,17). The summed E-state index contributed by atoms with van der Waals surface area (Å²) in [6.07, 6.45) is 0. The average molecular weight is 304 g/mol. The molecule has 0 spiro atoms. The molecule has 1 aromatic heterocycles. The molecular formula is C13H12N4OS2. The Bertz CT molecular complexity index is 744. The molecule has 0 bridgehead atoms. The van der Waals surface area contributed by atoms with Crippen LogP contribution in [0.4, 0.5) is 5.13 Å². The Balaban J connectivity index is 1.86. The predicted octanol–water partition coefficient (Wildman–Crippen LogP) is 2.97. The fourth-order valence-corrected chi connectivity index (χ4v) is 3.58. The number of nitrogens with one attached hydrogen (secondary N) is 1. The number of benzene rings is 2. The van der Waals surface area contributed by atoms with Crippen LogP contribution >= 0.6 is 23.1 Å². The number of nitrogen functional groups attached to an aromatic ring is 1. The van der Waals surface area contributed by atoms with Gasteiger partial charge in [0.05, 0.1) is 5.75 Å². The van der Waals surface area contributed by atoms with Gasteiger partial charge in [-0.05, 0) is 17.5 Å². The molecule has 102 valence electrons. The second-order valence-electron chi connectivity index (χ2n) is 4.06. The number of nitrogens with two attached hydrogens (primary N) is 1. The highest BCUT2D eigenvalue weighted by atomic mass is 32.2. The Morgan fingerprint density at radius 3 is 2.70 bits per heavy atom. The lowest BCUT2D eigenvalue weighted by Gasteiger charge is -2.06. The molecular weight excluding hydrogens is 292 g/mol. The van der Waals surface area contributed by atoms with Gasteiger partial charge in [-0.2, -0.15) is 0 Å². The van der Waals surface area contributed by atoms with Crippen molar-refractivity contribution >= 4 is 39.0 Å². The lowest BCUT2D eigenvalue weighted by molar-refractivity contribution is 0.481. The third kappa shape index (κ3) is 2.55. The van der Waals surface area contributed by atoms with Crippen molar-refractivity contribution in [3.05, 3.63) is 41.4 Å². The van der Waals surface area contributed by atoms with E-state index < -0.39 is 0 Å². The van der Waals surface area contributed by atoms with Crippen molar-refractivity contribution in [2.24, 2.45) is 5.84 Å². The lowest BCUT2D eigenvalue weighted by atomic mass is 10.1. The first-order valence-corrected chi connectivity index (χ1v) is 7.70. The number of rotatable bonds is 4. The van der Waals surface area contributed by atoms with Crippen molar-refractivity contribution in [1.82, 2.24) is 10.2 Å². The fourth-order valence-electron chi connectivity index (χ4n) is 1.89. The van der Waals surface area contributed by atoms with Gasteiger partial charge >= 0.3 is 0 Å². The summed E-state index contributed by atoms with van der Waals surface area (Å²) in [7, 11) is 0. The van der Waals surface area contributed by atoms with Crippen LogP contribution in [0.15, 0.2) is 41.3 Å². The van der Waals surface area contributed by atoms with Gasteiger partial charge in [0.1, 0.15) is 10.8 Å². The van der Waals surface area contributed by atoms with Gasteiger partial charge in [0.2, 0.25) is 5.13 Å². The van der Waals surface area contributed by atoms with Crippen molar-refractivity contribution in [2.45, 2.75) is 10.6 Å².